The van der Waals surface area contributed by atoms with Crippen LogP contribution in [0, 0.1) is 0 Å². The Labute approximate surface area is 76.6 Å². The van der Waals surface area contributed by atoms with Crippen molar-refractivity contribution in [3.05, 3.63) is 12.7 Å². The van der Waals surface area contributed by atoms with Crippen LogP contribution in [-0.4, -0.2) is 37.6 Å². The van der Waals surface area contributed by atoms with E-state index in [9.17, 15) is 0 Å². The van der Waals surface area contributed by atoms with Crippen LogP contribution in [0.4, 0.5) is 0 Å². The van der Waals surface area contributed by atoms with Gasteiger partial charge in [0, 0.05) is 13.1 Å². The van der Waals surface area contributed by atoms with Gasteiger partial charge in [0.1, 0.15) is 0 Å². The minimum absolute atomic E-state index is 1.06. The van der Waals surface area contributed by atoms with Crippen LogP contribution in [0.5, 0.6) is 0 Å². The second-order valence-electron chi connectivity index (χ2n) is 2.85. The van der Waals surface area contributed by atoms with E-state index in [1.54, 1.807) is 0 Å². The van der Waals surface area contributed by atoms with Crippen molar-refractivity contribution in [2.24, 2.45) is 0 Å². The molecule has 0 atom stereocenters. The molecular formula is C10H22N2. The van der Waals surface area contributed by atoms with Crippen molar-refractivity contribution in [3.63, 3.8) is 0 Å². The van der Waals surface area contributed by atoms with Crippen LogP contribution in [0.1, 0.15) is 20.3 Å². The molecule has 0 bridgehead atoms. The van der Waals surface area contributed by atoms with Crippen LogP contribution in [-0.2, 0) is 0 Å². The predicted molar refractivity (Wildman–Crippen MR) is 55.5 cm³/mol. The fourth-order valence-electron chi connectivity index (χ4n) is 1.11. The van der Waals surface area contributed by atoms with Crippen LogP contribution >= 0.6 is 0 Å². The number of likely N-dealkylation sites (N-methyl/N-ethyl adjacent to an activating group) is 1. The van der Waals surface area contributed by atoms with E-state index in [1.807, 2.05) is 6.08 Å². The lowest BCUT2D eigenvalue weighted by Gasteiger charge is -2.17. The Hall–Kier alpha value is -0.340. The van der Waals surface area contributed by atoms with Crippen molar-refractivity contribution in [1.82, 2.24) is 10.2 Å². The van der Waals surface area contributed by atoms with E-state index >= 15 is 0 Å². The zero-order valence-corrected chi connectivity index (χ0v) is 8.47. The Morgan fingerprint density at radius 2 is 1.92 bits per heavy atom. The Morgan fingerprint density at radius 3 is 2.42 bits per heavy atom. The zero-order chi connectivity index (χ0) is 9.23. The van der Waals surface area contributed by atoms with Gasteiger partial charge in [0.15, 0.2) is 0 Å². The van der Waals surface area contributed by atoms with Crippen molar-refractivity contribution in [1.29, 1.82) is 0 Å². The first-order valence-corrected chi connectivity index (χ1v) is 4.89. The smallest absolute Gasteiger partial charge is 0.0107 e. The molecule has 0 aliphatic rings. The number of hydrogen-bond donors (Lipinski definition) is 1. The van der Waals surface area contributed by atoms with Gasteiger partial charge in [-0.2, -0.15) is 0 Å². The predicted octanol–water partition coefficient (Wildman–Crippen LogP) is 1.49. The molecule has 72 valence electrons. The summed E-state index contributed by atoms with van der Waals surface area (Å²) in [5.74, 6) is 0. The maximum Gasteiger partial charge on any atom is 0.0107 e. The first-order chi connectivity index (χ1) is 5.85. The van der Waals surface area contributed by atoms with Crippen molar-refractivity contribution < 1.29 is 0 Å². The molecule has 12 heavy (non-hydrogen) atoms. The number of rotatable bonds is 8. The van der Waals surface area contributed by atoms with Gasteiger partial charge >= 0.3 is 0 Å². The summed E-state index contributed by atoms with van der Waals surface area (Å²) in [7, 11) is 0. The monoisotopic (exact) mass is 170 g/mol. The van der Waals surface area contributed by atoms with Gasteiger partial charge < -0.3 is 10.2 Å². The van der Waals surface area contributed by atoms with Crippen LogP contribution in [0.2, 0.25) is 0 Å². The molecule has 0 spiro atoms. The van der Waals surface area contributed by atoms with Gasteiger partial charge in [0.25, 0.3) is 0 Å². The Morgan fingerprint density at radius 1 is 1.25 bits per heavy atom. The van der Waals surface area contributed by atoms with E-state index in [0.29, 0.717) is 0 Å². The Balaban J connectivity index is 3.11. The Kier molecular flexibility index (Phi) is 8.51. The minimum atomic E-state index is 1.06. The van der Waals surface area contributed by atoms with E-state index in [2.05, 4.69) is 30.6 Å². The molecule has 0 amide bonds. The lowest BCUT2D eigenvalue weighted by Crippen LogP contribution is -2.32. The van der Waals surface area contributed by atoms with E-state index in [-0.39, 0.29) is 0 Å². The molecule has 1 N–H and O–H groups in total. The van der Waals surface area contributed by atoms with Crippen LogP contribution in [0.15, 0.2) is 12.7 Å². The lowest BCUT2D eigenvalue weighted by atomic mass is 10.4. The molecule has 0 aliphatic heterocycles. The van der Waals surface area contributed by atoms with Crippen molar-refractivity contribution >= 4 is 0 Å². The highest BCUT2D eigenvalue weighted by molar-refractivity contribution is 4.67. The van der Waals surface area contributed by atoms with Crippen molar-refractivity contribution in [2.45, 2.75) is 20.3 Å². The molecule has 0 aromatic carbocycles. The summed E-state index contributed by atoms with van der Waals surface area (Å²) < 4.78 is 0. The van der Waals surface area contributed by atoms with Crippen LogP contribution in [0.3, 0.4) is 0 Å². The zero-order valence-electron chi connectivity index (χ0n) is 8.47. The van der Waals surface area contributed by atoms with Crippen molar-refractivity contribution in [3.8, 4) is 0 Å². The molecule has 0 rings (SSSR count). The highest BCUT2D eigenvalue weighted by Gasteiger charge is 1.95. The quantitative estimate of drug-likeness (QED) is 0.438. The second kappa shape index (κ2) is 8.75. The SMILES string of the molecule is C=CCCNCCN(CC)CC. The first-order valence-electron chi connectivity index (χ1n) is 4.89. The maximum atomic E-state index is 3.68. The summed E-state index contributed by atoms with van der Waals surface area (Å²) >= 11 is 0. The molecule has 0 unspecified atom stereocenters. The summed E-state index contributed by atoms with van der Waals surface area (Å²) in [6.45, 7) is 13.7. The second-order valence-corrected chi connectivity index (χ2v) is 2.85. The van der Waals surface area contributed by atoms with Gasteiger partial charge in [-0.05, 0) is 26.1 Å². The Bertz CT molecular complexity index is 98.0. The summed E-state index contributed by atoms with van der Waals surface area (Å²) in [6.07, 6.45) is 3.02. The van der Waals surface area contributed by atoms with Gasteiger partial charge in [-0.3, -0.25) is 0 Å². The highest BCUT2D eigenvalue weighted by atomic mass is 15.1. The molecule has 2 nitrogen and oxygen atoms in total. The summed E-state index contributed by atoms with van der Waals surface area (Å²) in [4.78, 5) is 2.42. The fraction of sp³-hybridized carbons (Fsp3) is 0.800. The number of nitrogens with zero attached hydrogens (tertiary/aromatic N) is 1. The number of hydrogen-bond acceptors (Lipinski definition) is 2. The maximum absolute atomic E-state index is 3.68. The van der Waals surface area contributed by atoms with Crippen LogP contribution in [0.25, 0.3) is 0 Å². The molecule has 0 fully saturated rings. The van der Waals surface area contributed by atoms with Gasteiger partial charge in [-0.1, -0.05) is 19.9 Å². The van der Waals surface area contributed by atoms with Gasteiger partial charge in [0.05, 0.1) is 0 Å². The van der Waals surface area contributed by atoms with Crippen LogP contribution < -0.4 is 5.32 Å². The molecule has 2 heteroatoms. The van der Waals surface area contributed by atoms with Crippen molar-refractivity contribution in [2.75, 3.05) is 32.7 Å². The van der Waals surface area contributed by atoms with Gasteiger partial charge in [0.2, 0.25) is 0 Å². The average molecular weight is 170 g/mol. The molecule has 0 aromatic rings. The minimum Gasteiger partial charge on any atom is -0.315 e. The lowest BCUT2D eigenvalue weighted by molar-refractivity contribution is 0.303. The third kappa shape index (κ3) is 6.38. The first kappa shape index (κ1) is 11.7. The summed E-state index contributed by atoms with van der Waals surface area (Å²) in [6, 6.07) is 0. The normalized spacial score (nSPS) is 10.6. The largest absolute Gasteiger partial charge is 0.315 e. The third-order valence-corrected chi connectivity index (χ3v) is 2.02. The average Bonchev–Trinajstić information content (AvgIpc) is 2.11. The summed E-state index contributed by atoms with van der Waals surface area (Å²) in [5.41, 5.74) is 0. The topological polar surface area (TPSA) is 15.3 Å². The molecule has 0 radical (unpaired) electrons. The third-order valence-electron chi connectivity index (χ3n) is 2.02. The standard InChI is InChI=1S/C10H22N2/c1-4-7-8-11-9-10-12(5-2)6-3/h4,11H,1,5-10H2,2-3H3. The van der Waals surface area contributed by atoms with Gasteiger partial charge in [-0.15, -0.1) is 6.58 Å². The molecule has 0 saturated heterocycles. The number of nitrogens with one attached hydrogen (secondary N) is 1. The molecular weight excluding hydrogens is 148 g/mol. The molecule has 0 aromatic heterocycles. The van der Waals surface area contributed by atoms with E-state index in [1.165, 1.54) is 0 Å². The fourth-order valence-corrected chi connectivity index (χ4v) is 1.11. The van der Waals surface area contributed by atoms with E-state index in [0.717, 1.165) is 39.1 Å². The highest BCUT2D eigenvalue weighted by Crippen LogP contribution is 1.84. The van der Waals surface area contributed by atoms with E-state index in [4.69, 9.17) is 0 Å². The van der Waals surface area contributed by atoms with Gasteiger partial charge in [-0.25, -0.2) is 0 Å². The summed E-state index contributed by atoms with van der Waals surface area (Å²) in [5, 5.41) is 3.37. The molecule has 0 heterocycles. The van der Waals surface area contributed by atoms with E-state index < -0.39 is 0 Å². The molecule has 0 saturated carbocycles. The molecule has 0 aliphatic carbocycles.